The third-order valence-corrected chi connectivity index (χ3v) is 4.19. The molecule has 0 heterocycles. The summed E-state index contributed by atoms with van der Waals surface area (Å²) in [7, 11) is -4.89. The van der Waals surface area contributed by atoms with Crippen molar-refractivity contribution >= 4 is 8.80 Å². The minimum absolute atomic E-state index is 0.158. The lowest BCUT2D eigenvalue weighted by Gasteiger charge is -2.21. The van der Waals surface area contributed by atoms with E-state index in [-0.39, 0.29) is 6.42 Å². The maximum Gasteiger partial charge on any atom is 0.373 e. The molecule has 1 rings (SSSR count). The lowest BCUT2D eigenvalue weighted by atomic mass is 10.5. The summed E-state index contributed by atoms with van der Waals surface area (Å²) in [5.74, 6) is -10.3. The third kappa shape index (κ3) is 2.40. The number of alkyl halides is 6. The molecule has 0 fully saturated rings. The van der Waals surface area contributed by atoms with E-state index in [4.69, 9.17) is 0 Å². The van der Waals surface area contributed by atoms with Gasteiger partial charge in [0.15, 0.2) is 0 Å². The molecule has 0 N–H and O–H groups in total. The molecule has 7 heteroatoms. The summed E-state index contributed by atoms with van der Waals surface area (Å²) in [5, 5.41) is -0.579. The maximum atomic E-state index is 12.1. The Hall–Kier alpha value is -0.723. The van der Waals surface area contributed by atoms with E-state index in [0.717, 1.165) is 12.2 Å². The summed E-state index contributed by atoms with van der Waals surface area (Å²) in [6, 6.07) is 0. The van der Waals surface area contributed by atoms with Gasteiger partial charge in [-0.15, -0.1) is 0 Å². The molecule has 0 saturated heterocycles. The fourth-order valence-electron chi connectivity index (χ4n) is 1.25. The van der Waals surface area contributed by atoms with Gasteiger partial charge in [-0.1, -0.05) is 18.2 Å². The van der Waals surface area contributed by atoms with Crippen molar-refractivity contribution < 1.29 is 26.3 Å². The normalized spacial score (nSPS) is 17.8. The van der Waals surface area contributed by atoms with Crippen LogP contribution in [0.1, 0.15) is 6.42 Å². The quantitative estimate of drug-likeness (QED) is 0.481. The van der Waals surface area contributed by atoms with Crippen LogP contribution in [-0.2, 0) is 0 Å². The van der Waals surface area contributed by atoms with Crippen molar-refractivity contribution in [2.75, 3.05) is 0 Å². The summed E-state index contributed by atoms with van der Waals surface area (Å²) in [6.45, 7) is 0. The molecule has 0 aromatic rings. The Kier molecular flexibility index (Phi) is 2.80. The molecule has 0 spiro atoms. The van der Waals surface area contributed by atoms with Crippen LogP contribution in [0, 0.1) is 0 Å². The van der Waals surface area contributed by atoms with Crippen molar-refractivity contribution in [3.63, 3.8) is 0 Å². The highest BCUT2D eigenvalue weighted by molar-refractivity contribution is 6.71. The number of rotatable bonds is 1. The van der Waals surface area contributed by atoms with Gasteiger partial charge in [-0.05, 0) is 11.6 Å². The van der Waals surface area contributed by atoms with Gasteiger partial charge in [-0.25, -0.2) is 0 Å². The summed E-state index contributed by atoms with van der Waals surface area (Å²) in [6.07, 6.45) is 3.38. The van der Waals surface area contributed by atoms with Crippen LogP contribution in [-0.4, -0.2) is 20.4 Å². The van der Waals surface area contributed by atoms with Crippen LogP contribution in [0.2, 0.25) is 0 Å². The average molecular weight is 232 g/mol. The Labute approximate surface area is 77.5 Å². The molecule has 0 nitrogen and oxygen atoms in total. The molecule has 0 bridgehead atoms. The Morgan fingerprint density at radius 1 is 1.00 bits per heavy atom. The van der Waals surface area contributed by atoms with Crippen molar-refractivity contribution in [2.24, 2.45) is 0 Å². The molecule has 0 aromatic heterocycles. The topological polar surface area (TPSA) is 0 Å². The fourth-order valence-corrected chi connectivity index (χ4v) is 3.08. The Bertz CT molecular complexity index is 257. The first kappa shape index (κ1) is 11.4. The van der Waals surface area contributed by atoms with Crippen molar-refractivity contribution in [1.82, 2.24) is 0 Å². The van der Waals surface area contributed by atoms with Crippen LogP contribution >= 0.6 is 0 Å². The molecule has 0 aromatic carbocycles. The van der Waals surface area contributed by atoms with E-state index in [1.54, 1.807) is 0 Å². The molecule has 1 aliphatic rings. The molecule has 80 valence electrons. The molecule has 0 radical (unpaired) electrons. The first-order chi connectivity index (χ1) is 6.23. The lowest BCUT2D eigenvalue weighted by molar-refractivity contribution is -0.102. The van der Waals surface area contributed by atoms with Gasteiger partial charge in [0, 0.05) is 0 Å². The number of hydrogen-bond acceptors (Lipinski definition) is 0. The largest absolute Gasteiger partial charge is 0.373 e. The van der Waals surface area contributed by atoms with E-state index in [0.29, 0.717) is 0 Å². The van der Waals surface area contributed by atoms with Gasteiger partial charge < -0.3 is 0 Å². The third-order valence-electron chi connectivity index (χ3n) is 1.79. The highest BCUT2D eigenvalue weighted by Crippen LogP contribution is 2.37. The van der Waals surface area contributed by atoms with Crippen LogP contribution in [0.15, 0.2) is 23.4 Å². The van der Waals surface area contributed by atoms with Crippen LogP contribution in [0.3, 0.4) is 0 Å². The van der Waals surface area contributed by atoms with E-state index in [2.05, 4.69) is 0 Å². The fraction of sp³-hybridized carbons (Fsp3) is 0.429. The standard InChI is InChI=1S/C7H6F6Si/c8-6(9,10)14(7(11,12)13)5-3-1-2-4-5/h1,3-4,14H,2H2. The smallest absolute Gasteiger partial charge is 0.176 e. The summed E-state index contributed by atoms with van der Waals surface area (Å²) in [5.41, 5.74) is 0. The first-order valence-corrected chi connectivity index (χ1v) is 5.46. The van der Waals surface area contributed by atoms with E-state index >= 15 is 0 Å². The first-order valence-electron chi connectivity index (χ1n) is 3.73. The average Bonchev–Trinajstić information content (AvgIpc) is 2.31. The van der Waals surface area contributed by atoms with E-state index in [1.807, 2.05) is 0 Å². The van der Waals surface area contributed by atoms with Crippen LogP contribution in [0.5, 0.6) is 0 Å². The van der Waals surface area contributed by atoms with Gasteiger partial charge in [0.2, 0.25) is 0 Å². The van der Waals surface area contributed by atoms with Gasteiger partial charge in [-0.2, -0.15) is 26.3 Å². The van der Waals surface area contributed by atoms with Crippen LogP contribution in [0.25, 0.3) is 0 Å². The van der Waals surface area contributed by atoms with Gasteiger partial charge in [-0.3, -0.25) is 0 Å². The second kappa shape index (κ2) is 3.45. The van der Waals surface area contributed by atoms with E-state index < -0.39 is 25.6 Å². The van der Waals surface area contributed by atoms with Gasteiger partial charge in [0.05, 0.1) is 0 Å². The molecule has 14 heavy (non-hydrogen) atoms. The minimum Gasteiger partial charge on any atom is -0.176 e. The molecule has 0 saturated carbocycles. The zero-order valence-electron chi connectivity index (χ0n) is 6.78. The zero-order valence-corrected chi connectivity index (χ0v) is 7.94. The lowest BCUT2D eigenvalue weighted by Crippen LogP contribution is -2.48. The molecule has 1 aliphatic carbocycles. The highest BCUT2D eigenvalue weighted by Gasteiger charge is 2.60. The highest BCUT2D eigenvalue weighted by atomic mass is 28.3. The maximum absolute atomic E-state index is 12.1. The molecule has 0 unspecified atom stereocenters. The predicted molar refractivity (Wildman–Crippen MR) is 41.1 cm³/mol. The summed E-state index contributed by atoms with van der Waals surface area (Å²) < 4.78 is 72.8. The summed E-state index contributed by atoms with van der Waals surface area (Å²) >= 11 is 0. The number of allylic oxidation sites excluding steroid dienone is 4. The second-order valence-corrected chi connectivity index (χ2v) is 5.70. The van der Waals surface area contributed by atoms with Crippen molar-refractivity contribution in [1.29, 1.82) is 0 Å². The minimum atomic E-state index is -5.14. The van der Waals surface area contributed by atoms with Gasteiger partial charge >= 0.3 is 20.4 Å². The van der Waals surface area contributed by atoms with Gasteiger partial charge in [0.25, 0.3) is 0 Å². The molecular weight excluding hydrogens is 226 g/mol. The second-order valence-electron chi connectivity index (χ2n) is 2.86. The van der Waals surface area contributed by atoms with E-state index in [9.17, 15) is 26.3 Å². The SMILES string of the molecule is FC(F)(F)[SiH](C1=CCC=C1)C(F)(F)F. The Morgan fingerprint density at radius 2 is 1.50 bits per heavy atom. The van der Waals surface area contributed by atoms with E-state index in [1.165, 1.54) is 6.08 Å². The van der Waals surface area contributed by atoms with Crippen LogP contribution < -0.4 is 0 Å². The Balaban J connectivity index is 3.00. The number of hydrogen-bond donors (Lipinski definition) is 0. The number of halogens is 6. The zero-order chi connectivity index (χ0) is 11.0. The molecule has 0 aliphatic heterocycles. The summed E-state index contributed by atoms with van der Waals surface area (Å²) in [4.78, 5) is 0. The van der Waals surface area contributed by atoms with Crippen molar-refractivity contribution in [2.45, 2.75) is 18.0 Å². The molecule has 0 atom stereocenters. The Morgan fingerprint density at radius 3 is 1.79 bits per heavy atom. The van der Waals surface area contributed by atoms with Crippen LogP contribution in [0.4, 0.5) is 26.3 Å². The molecule has 0 amide bonds. The molecular formula is C7H6F6Si. The van der Waals surface area contributed by atoms with Crippen molar-refractivity contribution in [3.05, 3.63) is 23.4 Å². The predicted octanol–water partition coefficient (Wildman–Crippen LogP) is 2.84. The van der Waals surface area contributed by atoms with Gasteiger partial charge in [0.1, 0.15) is 0 Å². The monoisotopic (exact) mass is 232 g/mol. The van der Waals surface area contributed by atoms with Crippen molar-refractivity contribution in [3.8, 4) is 0 Å².